The van der Waals surface area contributed by atoms with E-state index in [1.54, 1.807) is 30.3 Å². The van der Waals surface area contributed by atoms with Crippen LogP contribution in [-0.4, -0.2) is 11.9 Å². The van der Waals surface area contributed by atoms with Gasteiger partial charge in [-0.2, -0.15) is 0 Å². The van der Waals surface area contributed by atoms with Gasteiger partial charge < -0.3 is 5.32 Å². The Hall–Kier alpha value is -2.53. The Kier molecular flexibility index (Phi) is 4.79. The first-order valence-electron chi connectivity index (χ1n) is 6.25. The Morgan fingerprint density at radius 3 is 2.29 bits per heavy atom. The summed E-state index contributed by atoms with van der Waals surface area (Å²) in [6.07, 6.45) is 0. The number of hydrogen-bond acceptors (Lipinski definition) is 2. The van der Waals surface area contributed by atoms with E-state index < -0.39 is 11.9 Å². The average Bonchev–Trinajstić information content (AvgIpc) is 2.48. The summed E-state index contributed by atoms with van der Waals surface area (Å²) < 4.78 is 0. The maximum absolute atomic E-state index is 11.8. The van der Waals surface area contributed by atoms with Gasteiger partial charge in [-0.15, -0.1) is 0 Å². The smallest absolute Gasteiger partial charge is 0.306 e. The molecule has 0 saturated heterocycles. The quantitative estimate of drug-likeness (QED) is 0.746. The van der Waals surface area contributed by atoms with Gasteiger partial charge in [0, 0.05) is 16.3 Å². The molecule has 2 aromatic carbocycles. The zero-order valence-corrected chi connectivity index (χ0v) is 12.1. The zero-order chi connectivity index (χ0) is 15.2. The highest BCUT2D eigenvalue weighted by Gasteiger charge is 2.07. The maximum Gasteiger partial charge on any atom is 0.337 e. The van der Waals surface area contributed by atoms with Crippen molar-refractivity contribution in [3.63, 3.8) is 0 Å². The molecule has 0 bridgehead atoms. The van der Waals surface area contributed by atoms with Crippen molar-refractivity contribution in [1.29, 1.82) is 0 Å². The summed E-state index contributed by atoms with van der Waals surface area (Å²) >= 11 is 5.74. The van der Waals surface area contributed by atoms with Gasteiger partial charge in [-0.1, -0.05) is 29.8 Å². The van der Waals surface area contributed by atoms with Gasteiger partial charge in [-0.3, -0.25) is 10.2 Å². The number of carbonyl (C=O) groups is 2. The molecular weight excluding hydrogens is 290 g/mol. The summed E-state index contributed by atoms with van der Waals surface area (Å²) in [5, 5.41) is 3.18. The Bertz CT molecular complexity index is 656. The minimum absolute atomic E-state index is 0.399. The van der Waals surface area contributed by atoms with Gasteiger partial charge in [0.1, 0.15) is 0 Å². The Labute approximate surface area is 127 Å². The molecule has 0 radical (unpaired) electrons. The topological polar surface area (TPSA) is 70.2 Å². The van der Waals surface area contributed by atoms with Crippen LogP contribution >= 0.6 is 11.6 Å². The van der Waals surface area contributed by atoms with E-state index in [1.807, 2.05) is 25.1 Å². The number of amides is 3. The van der Waals surface area contributed by atoms with Crippen molar-refractivity contribution in [2.45, 2.75) is 6.92 Å². The van der Waals surface area contributed by atoms with Crippen molar-refractivity contribution < 1.29 is 9.59 Å². The van der Waals surface area contributed by atoms with Crippen LogP contribution in [0.5, 0.6) is 0 Å². The van der Waals surface area contributed by atoms with Crippen molar-refractivity contribution in [2.24, 2.45) is 0 Å². The van der Waals surface area contributed by atoms with Crippen molar-refractivity contribution in [1.82, 2.24) is 10.9 Å². The molecular formula is C15H14ClN3O2. The fraction of sp³-hybridized carbons (Fsp3) is 0.0667. The summed E-state index contributed by atoms with van der Waals surface area (Å²) in [4.78, 5) is 23.5. The van der Waals surface area contributed by atoms with Crippen molar-refractivity contribution >= 4 is 29.2 Å². The highest BCUT2D eigenvalue weighted by atomic mass is 35.5. The number of aryl methyl sites for hydroxylation is 1. The SMILES string of the molecule is Cc1ccccc1NC(=O)NNC(=O)c1ccc(Cl)cc1. The van der Waals surface area contributed by atoms with Gasteiger partial charge in [0.25, 0.3) is 5.91 Å². The first-order chi connectivity index (χ1) is 10.1. The van der Waals surface area contributed by atoms with Gasteiger partial charge in [-0.25, -0.2) is 10.2 Å². The van der Waals surface area contributed by atoms with Crippen LogP contribution < -0.4 is 16.2 Å². The highest BCUT2D eigenvalue weighted by Crippen LogP contribution is 2.12. The number of carbonyl (C=O) groups excluding carboxylic acids is 2. The van der Waals surface area contributed by atoms with Crippen LogP contribution in [0.3, 0.4) is 0 Å². The molecule has 2 rings (SSSR count). The monoisotopic (exact) mass is 303 g/mol. The Balaban J connectivity index is 1.88. The second-order valence-electron chi connectivity index (χ2n) is 4.36. The molecule has 0 aromatic heterocycles. The molecule has 0 fully saturated rings. The van der Waals surface area contributed by atoms with Crippen molar-refractivity contribution in [2.75, 3.05) is 5.32 Å². The molecule has 3 amide bonds. The van der Waals surface area contributed by atoms with E-state index in [9.17, 15) is 9.59 Å². The fourth-order valence-electron chi connectivity index (χ4n) is 1.65. The number of hydrogen-bond donors (Lipinski definition) is 3. The molecule has 0 atom stereocenters. The van der Waals surface area contributed by atoms with Crippen molar-refractivity contribution in [3.05, 3.63) is 64.7 Å². The number of rotatable bonds is 2. The van der Waals surface area contributed by atoms with Gasteiger partial charge in [0.15, 0.2) is 0 Å². The zero-order valence-electron chi connectivity index (χ0n) is 11.3. The molecule has 21 heavy (non-hydrogen) atoms. The molecule has 108 valence electrons. The lowest BCUT2D eigenvalue weighted by Crippen LogP contribution is -2.43. The van der Waals surface area contributed by atoms with Crippen LogP contribution in [0.4, 0.5) is 10.5 Å². The summed E-state index contributed by atoms with van der Waals surface area (Å²) in [7, 11) is 0. The number of nitrogens with one attached hydrogen (secondary N) is 3. The standard InChI is InChI=1S/C15H14ClN3O2/c1-10-4-2-3-5-13(10)17-15(21)19-18-14(20)11-6-8-12(16)9-7-11/h2-9H,1H3,(H,18,20)(H2,17,19,21). The lowest BCUT2D eigenvalue weighted by Gasteiger charge is -2.10. The van der Waals surface area contributed by atoms with E-state index in [1.165, 1.54) is 0 Å². The minimum atomic E-state index is -0.522. The second kappa shape index (κ2) is 6.76. The van der Waals surface area contributed by atoms with E-state index in [2.05, 4.69) is 16.2 Å². The summed E-state index contributed by atoms with van der Waals surface area (Å²) in [5.41, 5.74) is 6.61. The molecule has 0 aliphatic heterocycles. The first-order valence-corrected chi connectivity index (χ1v) is 6.62. The Morgan fingerprint density at radius 1 is 0.952 bits per heavy atom. The van der Waals surface area contributed by atoms with E-state index in [0.717, 1.165) is 5.56 Å². The number of anilines is 1. The van der Waals surface area contributed by atoms with Gasteiger partial charge in [0.05, 0.1) is 0 Å². The van der Waals surface area contributed by atoms with Gasteiger partial charge >= 0.3 is 6.03 Å². The minimum Gasteiger partial charge on any atom is -0.306 e. The number of halogens is 1. The molecule has 5 nitrogen and oxygen atoms in total. The molecule has 0 aliphatic rings. The van der Waals surface area contributed by atoms with Crippen LogP contribution in [0.2, 0.25) is 5.02 Å². The molecule has 0 aliphatic carbocycles. The lowest BCUT2D eigenvalue weighted by molar-refractivity contribution is 0.0938. The molecule has 0 saturated carbocycles. The normalized spacial score (nSPS) is 9.81. The van der Waals surface area contributed by atoms with Crippen LogP contribution in [0.25, 0.3) is 0 Å². The highest BCUT2D eigenvalue weighted by molar-refractivity contribution is 6.30. The average molecular weight is 304 g/mol. The third-order valence-electron chi connectivity index (χ3n) is 2.79. The predicted octanol–water partition coefficient (Wildman–Crippen LogP) is 3.11. The van der Waals surface area contributed by atoms with Gasteiger partial charge in [0.2, 0.25) is 0 Å². The summed E-state index contributed by atoms with van der Waals surface area (Å²) in [6.45, 7) is 1.88. The summed E-state index contributed by atoms with van der Waals surface area (Å²) in [5.74, 6) is -0.424. The maximum atomic E-state index is 11.8. The number of hydrazine groups is 1. The summed E-state index contributed by atoms with van der Waals surface area (Å²) in [6, 6.07) is 13.2. The third-order valence-corrected chi connectivity index (χ3v) is 3.04. The van der Waals surface area contributed by atoms with E-state index in [4.69, 9.17) is 11.6 Å². The predicted molar refractivity (Wildman–Crippen MR) is 82.3 cm³/mol. The number of urea groups is 1. The first kappa shape index (κ1) is 14.9. The second-order valence-corrected chi connectivity index (χ2v) is 4.79. The van der Waals surface area contributed by atoms with E-state index in [-0.39, 0.29) is 0 Å². The molecule has 0 spiro atoms. The lowest BCUT2D eigenvalue weighted by atomic mass is 10.2. The van der Waals surface area contributed by atoms with Crippen LogP contribution in [-0.2, 0) is 0 Å². The van der Waals surface area contributed by atoms with Crippen molar-refractivity contribution in [3.8, 4) is 0 Å². The van der Waals surface area contributed by atoms with Crippen LogP contribution in [0.1, 0.15) is 15.9 Å². The van der Waals surface area contributed by atoms with E-state index >= 15 is 0 Å². The van der Waals surface area contributed by atoms with Crippen LogP contribution in [0, 0.1) is 6.92 Å². The van der Waals surface area contributed by atoms with Crippen LogP contribution in [0.15, 0.2) is 48.5 Å². The molecule has 3 N–H and O–H groups in total. The molecule has 0 unspecified atom stereocenters. The molecule has 6 heteroatoms. The largest absolute Gasteiger partial charge is 0.337 e. The third kappa shape index (κ3) is 4.22. The number of benzene rings is 2. The molecule has 2 aromatic rings. The van der Waals surface area contributed by atoms with Gasteiger partial charge in [-0.05, 0) is 42.8 Å². The number of para-hydroxylation sites is 1. The Morgan fingerprint density at radius 2 is 1.62 bits per heavy atom. The fourth-order valence-corrected chi connectivity index (χ4v) is 1.78. The van der Waals surface area contributed by atoms with E-state index in [0.29, 0.717) is 16.3 Å². The molecule has 0 heterocycles.